The predicted molar refractivity (Wildman–Crippen MR) is 56.8 cm³/mol. The molecule has 0 unspecified atom stereocenters. The van der Waals surface area contributed by atoms with Crippen LogP contribution in [0.25, 0.3) is 0 Å². The van der Waals surface area contributed by atoms with Gasteiger partial charge in [0.15, 0.2) is 12.0 Å². The Morgan fingerprint density at radius 2 is 1.94 bits per heavy atom. The van der Waals surface area contributed by atoms with E-state index in [0.717, 1.165) is 6.21 Å². The topological polar surface area (TPSA) is 122 Å². The number of aliphatic imine (C=N–C) groups is 1. The number of carboxylic acids is 1. The number of aliphatic hydroxyl groups excluding tert-OH is 1. The minimum Gasteiger partial charge on any atom is -0.480 e. The maximum Gasteiger partial charge on any atom is 0.330 e. The van der Waals surface area contributed by atoms with Crippen LogP contribution in [0.3, 0.4) is 0 Å². The molecule has 0 aromatic heterocycles. The zero-order valence-corrected chi connectivity index (χ0v) is 9.82. The van der Waals surface area contributed by atoms with Gasteiger partial charge in [0.1, 0.15) is 0 Å². The number of aliphatic hydroxyl groups is 1. The van der Waals surface area contributed by atoms with Crippen LogP contribution in [0.5, 0.6) is 0 Å². The van der Waals surface area contributed by atoms with Crippen molar-refractivity contribution in [2.45, 2.75) is 25.7 Å². The highest BCUT2D eigenvalue weighted by molar-refractivity contribution is 6.10. The van der Waals surface area contributed by atoms with E-state index < -0.39 is 42.3 Å². The van der Waals surface area contributed by atoms with Gasteiger partial charge in [-0.2, -0.15) is 0 Å². The largest absolute Gasteiger partial charge is 0.480 e. The molecule has 1 fully saturated rings. The van der Waals surface area contributed by atoms with Gasteiger partial charge >= 0.3 is 17.9 Å². The van der Waals surface area contributed by atoms with E-state index in [1.165, 1.54) is 13.8 Å². The smallest absolute Gasteiger partial charge is 0.330 e. The Morgan fingerprint density at radius 3 is 2.33 bits per heavy atom. The summed E-state index contributed by atoms with van der Waals surface area (Å²) in [4.78, 5) is 36.9. The van der Waals surface area contributed by atoms with Crippen molar-refractivity contribution in [2.75, 3.05) is 6.61 Å². The number of aliphatic carboxylic acids is 1. The molecule has 0 amide bonds. The van der Waals surface area contributed by atoms with Crippen molar-refractivity contribution in [2.24, 2.45) is 10.9 Å². The Balaban J connectivity index is 2.79. The van der Waals surface area contributed by atoms with Gasteiger partial charge in [-0.15, -0.1) is 0 Å². The zero-order chi connectivity index (χ0) is 13.9. The standard InChI is InChI=1S/C10H13NO7/c1-10(2)17-8(15)5(9(16)18-10)3-11-6(4-12)7(13)14/h3,5-6,12H,4H2,1-2H3,(H,13,14)/t6-/m1/s1. The van der Waals surface area contributed by atoms with Gasteiger partial charge in [0.2, 0.25) is 0 Å². The van der Waals surface area contributed by atoms with E-state index in [0.29, 0.717) is 0 Å². The number of rotatable bonds is 4. The van der Waals surface area contributed by atoms with Crippen LogP contribution in [0, 0.1) is 5.92 Å². The van der Waals surface area contributed by atoms with Crippen molar-refractivity contribution in [3.8, 4) is 0 Å². The first-order valence-corrected chi connectivity index (χ1v) is 5.09. The molecule has 8 nitrogen and oxygen atoms in total. The maximum atomic E-state index is 11.5. The second-order valence-corrected chi connectivity index (χ2v) is 4.05. The number of hydrogen-bond acceptors (Lipinski definition) is 7. The Hall–Kier alpha value is -1.96. The summed E-state index contributed by atoms with van der Waals surface area (Å²) in [7, 11) is 0. The molecule has 0 spiro atoms. The molecule has 0 saturated carbocycles. The maximum absolute atomic E-state index is 11.5. The molecule has 1 aliphatic rings. The summed E-state index contributed by atoms with van der Waals surface area (Å²) in [6, 6.07) is -1.43. The van der Waals surface area contributed by atoms with Gasteiger partial charge in [-0.1, -0.05) is 0 Å². The molecule has 0 aromatic carbocycles. The molecule has 0 aliphatic carbocycles. The van der Waals surface area contributed by atoms with Gasteiger partial charge in [0.05, 0.1) is 6.61 Å². The van der Waals surface area contributed by atoms with Gasteiger partial charge < -0.3 is 19.7 Å². The molecule has 2 N–H and O–H groups in total. The lowest BCUT2D eigenvalue weighted by Gasteiger charge is -2.31. The molecule has 0 bridgehead atoms. The first-order valence-electron chi connectivity index (χ1n) is 5.09. The first kappa shape index (κ1) is 14.1. The highest BCUT2D eigenvalue weighted by Crippen LogP contribution is 2.22. The van der Waals surface area contributed by atoms with Gasteiger partial charge in [0, 0.05) is 20.1 Å². The summed E-state index contributed by atoms with van der Waals surface area (Å²) >= 11 is 0. The van der Waals surface area contributed by atoms with Crippen LogP contribution in [0.15, 0.2) is 4.99 Å². The van der Waals surface area contributed by atoms with Gasteiger partial charge in [0.25, 0.3) is 5.79 Å². The molecule has 0 aromatic rings. The number of nitrogens with zero attached hydrogens (tertiary/aromatic N) is 1. The number of hydrogen-bond donors (Lipinski definition) is 2. The van der Waals surface area contributed by atoms with E-state index in [4.69, 9.17) is 19.7 Å². The zero-order valence-electron chi connectivity index (χ0n) is 9.82. The number of cyclic esters (lactones) is 2. The van der Waals surface area contributed by atoms with E-state index >= 15 is 0 Å². The number of carbonyl (C=O) groups excluding carboxylic acids is 2. The van der Waals surface area contributed by atoms with E-state index in [1.54, 1.807) is 0 Å². The summed E-state index contributed by atoms with van der Waals surface area (Å²) in [5.41, 5.74) is 0. The van der Waals surface area contributed by atoms with E-state index in [2.05, 4.69) is 4.99 Å². The lowest BCUT2D eigenvalue weighted by molar-refractivity contribution is -0.235. The van der Waals surface area contributed by atoms with Gasteiger partial charge in [-0.25, -0.2) is 4.79 Å². The molecule has 0 radical (unpaired) electrons. The third-order valence-corrected chi connectivity index (χ3v) is 2.07. The van der Waals surface area contributed by atoms with Gasteiger partial charge in [-0.3, -0.25) is 14.6 Å². The molecule has 1 heterocycles. The molecule has 1 atom stereocenters. The van der Waals surface area contributed by atoms with Crippen molar-refractivity contribution in [3.63, 3.8) is 0 Å². The quantitative estimate of drug-likeness (QED) is 0.375. The number of ether oxygens (including phenoxy) is 2. The summed E-state index contributed by atoms with van der Waals surface area (Å²) in [6.07, 6.45) is 0.814. The normalized spacial score (nSPS) is 21.5. The summed E-state index contributed by atoms with van der Waals surface area (Å²) in [5, 5.41) is 17.3. The molecule has 1 saturated heterocycles. The fourth-order valence-electron chi connectivity index (χ4n) is 1.23. The lowest BCUT2D eigenvalue weighted by Crippen LogP contribution is -2.47. The Bertz CT molecular complexity index is 381. The third-order valence-electron chi connectivity index (χ3n) is 2.07. The second-order valence-electron chi connectivity index (χ2n) is 4.05. The fraction of sp³-hybridized carbons (Fsp3) is 0.600. The van der Waals surface area contributed by atoms with Crippen molar-refractivity contribution < 1.29 is 34.1 Å². The molecule has 8 heteroatoms. The molecule has 1 rings (SSSR count). The SMILES string of the molecule is CC1(C)OC(=O)C(C=N[C@H](CO)C(=O)O)C(=O)O1. The number of carbonyl (C=O) groups is 3. The van der Waals surface area contributed by atoms with E-state index in [-0.39, 0.29) is 0 Å². The number of esters is 2. The fourth-order valence-corrected chi connectivity index (χ4v) is 1.23. The van der Waals surface area contributed by atoms with Crippen LogP contribution < -0.4 is 0 Å². The third kappa shape index (κ3) is 3.27. The second kappa shape index (κ2) is 5.13. The average molecular weight is 259 g/mol. The molecular weight excluding hydrogens is 246 g/mol. The van der Waals surface area contributed by atoms with Crippen molar-refractivity contribution >= 4 is 24.1 Å². The van der Waals surface area contributed by atoms with Gasteiger partial charge in [-0.05, 0) is 0 Å². The number of carboxylic acid groups (broad SMARTS) is 1. The molecular formula is C10H13NO7. The highest BCUT2D eigenvalue weighted by atomic mass is 16.7. The minimum absolute atomic E-state index is 0.742. The Kier molecular flexibility index (Phi) is 4.02. The lowest BCUT2D eigenvalue weighted by atomic mass is 10.1. The Labute approximate surface area is 102 Å². The van der Waals surface area contributed by atoms with Crippen molar-refractivity contribution in [1.82, 2.24) is 0 Å². The van der Waals surface area contributed by atoms with Crippen molar-refractivity contribution in [1.29, 1.82) is 0 Å². The first-order chi connectivity index (χ1) is 8.26. The van der Waals surface area contributed by atoms with E-state index in [9.17, 15) is 14.4 Å². The highest BCUT2D eigenvalue weighted by Gasteiger charge is 2.42. The Morgan fingerprint density at radius 1 is 1.44 bits per heavy atom. The monoisotopic (exact) mass is 259 g/mol. The molecule has 100 valence electrons. The molecule has 18 heavy (non-hydrogen) atoms. The van der Waals surface area contributed by atoms with Crippen LogP contribution in [0.1, 0.15) is 13.8 Å². The minimum atomic E-state index is -1.43. The summed E-state index contributed by atoms with van der Waals surface area (Å²) in [5.74, 6) is -5.87. The molecule has 1 aliphatic heterocycles. The summed E-state index contributed by atoms with van der Waals surface area (Å²) in [6.45, 7) is 2.04. The summed E-state index contributed by atoms with van der Waals surface area (Å²) < 4.78 is 9.60. The van der Waals surface area contributed by atoms with Crippen LogP contribution in [-0.4, -0.2) is 52.8 Å². The van der Waals surface area contributed by atoms with Crippen molar-refractivity contribution in [3.05, 3.63) is 0 Å². The predicted octanol–water partition coefficient (Wildman–Crippen LogP) is -1.04. The average Bonchev–Trinajstić information content (AvgIpc) is 2.20. The van der Waals surface area contributed by atoms with Crippen LogP contribution >= 0.6 is 0 Å². The van der Waals surface area contributed by atoms with Crippen LogP contribution in [-0.2, 0) is 23.9 Å². The van der Waals surface area contributed by atoms with E-state index in [1.807, 2.05) is 0 Å². The van der Waals surface area contributed by atoms with Crippen LogP contribution in [0.4, 0.5) is 0 Å². The van der Waals surface area contributed by atoms with Crippen LogP contribution in [0.2, 0.25) is 0 Å².